The summed E-state index contributed by atoms with van der Waals surface area (Å²) in [5, 5.41) is 2.83. The predicted octanol–water partition coefficient (Wildman–Crippen LogP) is 1.34. The molecule has 0 unspecified atom stereocenters. The largest absolute Gasteiger partial charge is 0.419 e. The molecule has 3 rings (SSSR count). The minimum Gasteiger partial charge on any atom is -0.408 e. The lowest BCUT2D eigenvalue weighted by atomic mass is 9.98. The van der Waals surface area contributed by atoms with Gasteiger partial charge in [0.05, 0.1) is 11.1 Å². The van der Waals surface area contributed by atoms with Crippen molar-refractivity contribution in [2.24, 2.45) is 12.8 Å². The molecule has 1 aliphatic rings. The van der Waals surface area contributed by atoms with E-state index in [1.165, 1.54) is 4.57 Å². The molecule has 20 heavy (non-hydrogen) atoms. The summed E-state index contributed by atoms with van der Waals surface area (Å²) in [5.74, 6) is -0.586. The number of nitrogens with zero attached hydrogens (tertiary/aromatic N) is 1. The first-order chi connectivity index (χ1) is 9.49. The molecule has 1 aromatic heterocycles. The molecule has 0 aliphatic heterocycles. The Morgan fingerprint density at radius 2 is 2.10 bits per heavy atom. The second kappa shape index (κ2) is 4.49. The van der Waals surface area contributed by atoms with Crippen LogP contribution in [0.3, 0.4) is 0 Å². The van der Waals surface area contributed by atoms with Crippen LogP contribution < -0.4 is 16.8 Å². The van der Waals surface area contributed by atoms with Crippen molar-refractivity contribution in [1.82, 2.24) is 4.57 Å². The van der Waals surface area contributed by atoms with Crippen molar-refractivity contribution in [3.63, 3.8) is 0 Å². The molecule has 0 spiro atoms. The van der Waals surface area contributed by atoms with Gasteiger partial charge < -0.3 is 15.5 Å². The van der Waals surface area contributed by atoms with Crippen LogP contribution in [0.15, 0.2) is 27.4 Å². The first-order valence-electron chi connectivity index (χ1n) is 6.69. The molecular formula is C14H17N3O3. The van der Waals surface area contributed by atoms with Crippen molar-refractivity contribution in [3.05, 3.63) is 28.7 Å². The Hall–Kier alpha value is -2.08. The summed E-state index contributed by atoms with van der Waals surface area (Å²) < 4.78 is 6.45. The quantitative estimate of drug-likeness (QED) is 0.865. The van der Waals surface area contributed by atoms with E-state index in [9.17, 15) is 9.59 Å². The number of fused-ring (bicyclic) bond motifs is 1. The average Bonchev–Trinajstić information content (AvgIpc) is 2.97. The van der Waals surface area contributed by atoms with Gasteiger partial charge >= 0.3 is 5.76 Å². The van der Waals surface area contributed by atoms with Gasteiger partial charge in [0, 0.05) is 12.7 Å². The zero-order valence-electron chi connectivity index (χ0n) is 11.3. The zero-order valence-corrected chi connectivity index (χ0v) is 11.3. The molecule has 106 valence electrons. The maximum Gasteiger partial charge on any atom is 0.419 e. The van der Waals surface area contributed by atoms with Crippen LogP contribution in [0, 0.1) is 0 Å². The first-order valence-corrected chi connectivity index (χ1v) is 6.69. The van der Waals surface area contributed by atoms with E-state index in [-0.39, 0.29) is 5.91 Å². The fourth-order valence-electron chi connectivity index (χ4n) is 2.69. The third-order valence-corrected chi connectivity index (χ3v) is 4.00. The Bertz CT molecular complexity index is 723. The molecule has 1 saturated carbocycles. The van der Waals surface area contributed by atoms with Gasteiger partial charge in [-0.05, 0) is 31.0 Å². The monoisotopic (exact) mass is 275 g/mol. The highest BCUT2D eigenvalue weighted by Crippen LogP contribution is 2.28. The second-order valence-corrected chi connectivity index (χ2v) is 5.43. The number of carbonyl (C=O) groups excluding carboxylic acids is 1. The summed E-state index contributed by atoms with van der Waals surface area (Å²) in [5.41, 5.74) is 7.11. The molecule has 0 radical (unpaired) electrons. The maximum atomic E-state index is 12.2. The van der Waals surface area contributed by atoms with Gasteiger partial charge in [0.25, 0.3) is 0 Å². The highest BCUT2D eigenvalue weighted by atomic mass is 16.4. The minimum atomic E-state index is -0.767. The van der Waals surface area contributed by atoms with Crippen molar-refractivity contribution in [1.29, 1.82) is 0 Å². The summed E-state index contributed by atoms with van der Waals surface area (Å²) in [6, 6.07) is 5.10. The number of aromatic nitrogens is 1. The molecule has 0 atom stereocenters. The smallest absolute Gasteiger partial charge is 0.408 e. The lowest BCUT2D eigenvalue weighted by molar-refractivity contribution is -0.121. The molecule has 1 amide bonds. The molecule has 0 bridgehead atoms. The lowest BCUT2D eigenvalue weighted by Crippen LogP contribution is -2.48. The highest BCUT2D eigenvalue weighted by Gasteiger charge is 2.36. The van der Waals surface area contributed by atoms with Gasteiger partial charge in [0.1, 0.15) is 0 Å². The molecule has 6 heteroatoms. The van der Waals surface area contributed by atoms with Gasteiger partial charge in [-0.3, -0.25) is 9.36 Å². The number of hydrogen-bond acceptors (Lipinski definition) is 4. The van der Waals surface area contributed by atoms with Gasteiger partial charge in [0.2, 0.25) is 5.91 Å². The van der Waals surface area contributed by atoms with Crippen molar-refractivity contribution in [2.75, 3.05) is 5.32 Å². The summed E-state index contributed by atoms with van der Waals surface area (Å²) in [7, 11) is 1.63. The lowest BCUT2D eigenvalue weighted by Gasteiger charge is -2.22. The Morgan fingerprint density at radius 3 is 2.80 bits per heavy atom. The van der Waals surface area contributed by atoms with Gasteiger partial charge in [-0.15, -0.1) is 0 Å². The van der Waals surface area contributed by atoms with Crippen molar-refractivity contribution < 1.29 is 9.21 Å². The van der Waals surface area contributed by atoms with Gasteiger partial charge in [-0.25, -0.2) is 4.79 Å². The van der Waals surface area contributed by atoms with E-state index in [0.29, 0.717) is 29.6 Å². The predicted molar refractivity (Wildman–Crippen MR) is 75.5 cm³/mol. The molecular weight excluding hydrogens is 258 g/mol. The Labute approximate surface area is 115 Å². The molecule has 0 saturated heterocycles. The van der Waals surface area contributed by atoms with Crippen LogP contribution in [0.25, 0.3) is 11.1 Å². The standard InChI is InChI=1S/C14H17N3O3/c1-17-10-8-9(4-5-11(10)20-13(17)19)16-12(18)14(15)6-2-3-7-14/h4-5,8H,2-3,6-7,15H2,1H3,(H,16,18). The van der Waals surface area contributed by atoms with E-state index in [1.54, 1.807) is 25.2 Å². The normalized spacial score (nSPS) is 17.5. The number of carbonyl (C=O) groups is 1. The van der Waals surface area contributed by atoms with E-state index in [0.717, 1.165) is 12.8 Å². The maximum absolute atomic E-state index is 12.2. The van der Waals surface area contributed by atoms with E-state index in [2.05, 4.69) is 5.32 Å². The van der Waals surface area contributed by atoms with E-state index in [4.69, 9.17) is 10.2 Å². The molecule has 2 aromatic rings. The number of nitrogens with two attached hydrogens (primary N) is 1. The van der Waals surface area contributed by atoms with Crippen molar-refractivity contribution in [2.45, 2.75) is 31.2 Å². The molecule has 1 heterocycles. The van der Waals surface area contributed by atoms with Crippen LogP contribution in [0.2, 0.25) is 0 Å². The first kappa shape index (κ1) is 12.9. The van der Waals surface area contributed by atoms with Crippen molar-refractivity contribution in [3.8, 4) is 0 Å². The minimum absolute atomic E-state index is 0.164. The highest BCUT2D eigenvalue weighted by molar-refractivity contribution is 5.99. The fourth-order valence-corrected chi connectivity index (χ4v) is 2.69. The van der Waals surface area contributed by atoms with Crippen molar-refractivity contribution >= 4 is 22.7 Å². The van der Waals surface area contributed by atoms with Gasteiger partial charge in [-0.1, -0.05) is 12.8 Å². The SMILES string of the molecule is Cn1c(=O)oc2ccc(NC(=O)C3(N)CCCC3)cc21. The van der Waals surface area contributed by atoms with Crippen LogP contribution in [0.5, 0.6) is 0 Å². The van der Waals surface area contributed by atoms with Crippen LogP contribution >= 0.6 is 0 Å². The Kier molecular flexibility index (Phi) is 2.90. The second-order valence-electron chi connectivity index (χ2n) is 5.43. The summed E-state index contributed by atoms with van der Waals surface area (Å²) in [6.45, 7) is 0. The number of oxazole rings is 1. The number of benzene rings is 1. The van der Waals surface area contributed by atoms with Crippen LogP contribution in [-0.4, -0.2) is 16.0 Å². The van der Waals surface area contributed by atoms with Crippen LogP contribution in [-0.2, 0) is 11.8 Å². The molecule has 1 aromatic carbocycles. The van der Waals surface area contributed by atoms with E-state index >= 15 is 0 Å². The summed E-state index contributed by atoms with van der Waals surface area (Å²) in [6.07, 6.45) is 3.40. The third-order valence-electron chi connectivity index (χ3n) is 4.00. The third kappa shape index (κ3) is 2.02. The average molecular weight is 275 g/mol. The number of anilines is 1. The number of aryl methyl sites for hydroxylation is 1. The van der Waals surface area contributed by atoms with Crippen LogP contribution in [0.4, 0.5) is 5.69 Å². The van der Waals surface area contributed by atoms with Crippen LogP contribution in [0.1, 0.15) is 25.7 Å². The van der Waals surface area contributed by atoms with E-state index < -0.39 is 11.3 Å². The van der Waals surface area contributed by atoms with Gasteiger partial charge in [-0.2, -0.15) is 0 Å². The summed E-state index contributed by atoms with van der Waals surface area (Å²) in [4.78, 5) is 23.7. The molecule has 1 fully saturated rings. The Morgan fingerprint density at radius 1 is 1.40 bits per heavy atom. The summed E-state index contributed by atoms with van der Waals surface area (Å²) >= 11 is 0. The molecule has 6 nitrogen and oxygen atoms in total. The number of rotatable bonds is 2. The Balaban J connectivity index is 1.89. The number of hydrogen-bond donors (Lipinski definition) is 2. The zero-order chi connectivity index (χ0) is 14.3. The topological polar surface area (TPSA) is 90.3 Å². The van der Waals surface area contributed by atoms with Gasteiger partial charge in [0.15, 0.2) is 5.58 Å². The fraction of sp³-hybridized carbons (Fsp3) is 0.429. The van der Waals surface area contributed by atoms with E-state index in [1.807, 2.05) is 0 Å². The molecule has 3 N–H and O–H groups in total. The number of nitrogens with one attached hydrogen (secondary N) is 1. The number of amides is 1. The molecule has 1 aliphatic carbocycles.